The Balaban J connectivity index is 1.23. The molecule has 0 saturated carbocycles. The lowest BCUT2D eigenvalue weighted by molar-refractivity contribution is -0.118. The Kier molecular flexibility index (Phi) is 8.45. The summed E-state index contributed by atoms with van der Waals surface area (Å²) >= 11 is 0. The normalized spacial score (nSPS) is 14.7. The van der Waals surface area contributed by atoms with Gasteiger partial charge in [0.05, 0.1) is 16.7 Å². The Labute approximate surface area is 235 Å². The number of imidazole rings is 1. The van der Waals surface area contributed by atoms with Gasteiger partial charge in [-0.15, -0.1) is 0 Å². The number of ether oxygens (including phenoxy) is 1. The Hall–Kier alpha value is -3.78. The fourth-order valence-corrected chi connectivity index (χ4v) is 5.31. The van der Waals surface area contributed by atoms with Crippen LogP contribution in [-0.2, 0) is 18.3 Å². The van der Waals surface area contributed by atoms with Crippen LogP contribution in [-0.4, -0.2) is 45.4 Å². The number of carbonyl (C=O) groups is 1. The lowest BCUT2D eigenvalue weighted by atomic mass is 9.91. The molecule has 0 aliphatic carbocycles. The van der Waals surface area contributed by atoms with Gasteiger partial charge in [-0.2, -0.15) is 0 Å². The maximum atomic E-state index is 14.1. The minimum Gasteiger partial charge on any atom is -0.457 e. The van der Waals surface area contributed by atoms with E-state index in [1.807, 2.05) is 55.8 Å². The fourth-order valence-electron chi connectivity index (χ4n) is 5.31. The van der Waals surface area contributed by atoms with Crippen molar-refractivity contribution in [2.45, 2.75) is 51.9 Å². The number of benzene rings is 2. The van der Waals surface area contributed by atoms with E-state index in [1.54, 1.807) is 18.3 Å². The minimum atomic E-state index is -0.205. The molecule has 1 N–H and O–H groups in total. The highest BCUT2D eigenvalue weighted by Crippen LogP contribution is 2.30. The number of fused-ring (bicyclic) bond motifs is 1. The van der Waals surface area contributed by atoms with Gasteiger partial charge in [0, 0.05) is 43.9 Å². The van der Waals surface area contributed by atoms with Gasteiger partial charge in [-0.05, 0) is 93.2 Å². The molecule has 1 saturated heterocycles. The average Bonchev–Trinajstić information content (AvgIpc) is 3.23. The summed E-state index contributed by atoms with van der Waals surface area (Å²) in [7, 11) is 4.09. The zero-order chi connectivity index (χ0) is 28.2. The first-order valence-corrected chi connectivity index (χ1v) is 14.1. The summed E-state index contributed by atoms with van der Waals surface area (Å²) in [5.74, 6) is 2.68. The molecular weight excluding hydrogens is 505 g/mol. The molecule has 0 radical (unpaired) electrons. The van der Waals surface area contributed by atoms with Crippen molar-refractivity contribution in [3.8, 4) is 11.5 Å². The van der Waals surface area contributed by atoms with Gasteiger partial charge in [-0.25, -0.2) is 9.37 Å². The standard InChI is InChI=1S/C32H38FN5O2/c1-21(2)28-19-23(6-9-29(28)33)35-32-36-30-20-26(8-10-31(30)38(32)4)40-27-11-14-34-24(18-27)17-25(39)7-5-22-12-15-37(3)16-13-22/h6,8-11,14,18-22H,5,7,12-13,15-17H2,1-4H3,(H,35,36). The Morgan fingerprint density at radius 2 is 1.85 bits per heavy atom. The number of rotatable bonds is 10. The third kappa shape index (κ3) is 6.67. The van der Waals surface area contributed by atoms with Crippen LogP contribution in [0.1, 0.15) is 56.7 Å². The van der Waals surface area contributed by atoms with Crippen LogP contribution in [0.25, 0.3) is 11.0 Å². The summed E-state index contributed by atoms with van der Waals surface area (Å²) in [4.78, 5) is 24.1. The number of aryl methyl sites for hydroxylation is 1. The Morgan fingerprint density at radius 1 is 1.07 bits per heavy atom. The number of nitrogens with one attached hydrogen (secondary N) is 1. The molecule has 3 heterocycles. The van der Waals surface area contributed by atoms with Crippen LogP contribution >= 0.6 is 0 Å². The van der Waals surface area contributed by atoms with Crippen molar-refractivity contribution in [1.29, 1.82) is 0 Å². The van der Waals surface area contributed by atoms with E-state index in [-0.39, 0.29) is 17.5 Å². The van der Waals surface area contributed by atoms with Gasteiger partial charge in [0.25, 0.3) is 0 Å². The third-order valence-electron chi connectivity index (χ3n) is 7.80. The number of nitrogens with zero attached hydrogens (tertiary/aromatic N) is 4. The number of Topliss-reactive ketones (excluding diaryl/α,β-unsaturated/α-hetero) is 1. The molecule has 4 aromatic rings. The van der Waals surface area contributed by atoms with Crippen molar-refractivity contribution >= 4 is 28.5 Å². The van der Waals surface area contributed by atoms with Crippen molar-refractivity contribution in [1.82, 2.24) is 19.4 Å². The van der Waals surface area contributed by atoms with Gasteiger partial charge in [-0.1, -0.05) is 13.8 Å². The summed E-state index contributed by atoms with van der Waals surface area (Å²) in [6.45, 7) is 6.18. The first kappa shape index (κ1) is 27.8. The van der Waals surface area contributed by atoms with Crippen molar-refractivity contribution in [3.63, 3.8) is 0 Å². The summed E-state index contributed by atoms with van der Waals surface area (Å²) in [5.41, 5.74) is 3.87. The SMILES string of the molecule is CC(C)c1cc(Nc2nc3cc(Oc4ccnc(CC(=O)CCC5CCN(C)CC5)c4)ccc3n2C)ccc1F. The lowest BCUT2D eigenvalue weighted by Crippen LogP contribution is -2.30. The van der Waals surface area contributed by atoms with E-state index < -0.39 is 0 Å². The van der Waals surface area contributed by atoms with E-state index >= 15 is 0 Å². The number of anilines is 2. The van der Waals surface area contributed by atoms with Crippen molar-refractivity contribution in [2.75, 3.05) is 25.5 Å². The maximum absolute atomic E-state index is 14.1. The lowest BCUT2D eigenvalue weighted by Gasteiger charge is -2.28. The number of halogens is 1. The monoisotopic (exact) mass is 543 g/mol. The number of likely N-dealkylation sites (tertiary alicyclic amines) is 1. The van der Waals surface area contributed by atoms with E-state index in [4.69, 9.17) is 9.72 Å². The quantitative estimate of drug-likeness (QED) is 0.232. The predicted octanol–water partition coefficient (Wildman–Crippen LogP) is 7.00. The molecule has 8 heteroatoms. The number of hydrogen-bond donors (Lipinski definition) is 1. The molecule has 7 nitrogen and oxygen atoms in total. The zero-order valence-corrected chi connectivity index (χ0v) is 23.8. The van der Waals surface area contributed by atoms with Gasteiger partial charge < -0.3 is 19.5 Å². The number of pyridine rings is 1. The molecule has 2 aromatic heterocycles. The van der Waals surface area contributed by atoms with E-state index in [0.29, 0.717) is 41.8 Å². The summed E-state index contributed by atoms with van der Waals surface area (Å²) in [6.07, 6.45) is 5.92. The van der Waals surface area contributed by atoms with Gasteiger partial charge in [0.15, 0.2) is 0 Å². The highest BCUT2D eigenvalue weighted by atomic mass is 19.1. The topological polar surface area (TPSA) is 72.3 Å². The summed E-state index contributed by atoms with van der Waals surface area (Å²) in [6, 6.07) is 14.4. The second-order valence-electron chi connectivity index (χ2n) is 11.2. The Morgan fingerprint density at radius 3 is 2.62 bits per heavy atom. The number of ketones is 1. The number of piperidine rings is 1. The molecule has 5 rings (SSSR count). The van der Waals surface area contributed by atoms with Crippen LogP contribution in [0.4, 0.5) is 16.0 Å². The highest BCUT2D eigenvalue weighted by Gasteiger charge is 2.18. The molecule has 0 spiro atoms. The first-order valence-electron chi connectivity index (χ1n) is 14.1. The van der Waals surface area contributed by atoms with Crippen molar-refractivity contribution in [2.24, 2.45) is 13.0 Å². The molecule has 0 unspecified atom stereocenters. The zero-order valence-electron chi connectivity index (χ0n) is 23.8. The summed E-state index contributed by atoms with van der Waals surface area (Å²) < 4.78 is 22.2. The predicted molar refractivity (Wildman–Crippen MR) is 157 cm³/mol. The van der Waals surface area contributed by atoms with Crippen LogP contribution < -0.4 is 10.1 Å². The van der Waals surface area contributed by atoms with Crippen LogP contribution in [0.2, 0.25) is 0 Å². The largest absolute Gasteiger partial charge is 0.457 e. The molecule has 1 aliphatic heterocycles. The average molecular weight is 544 g/mol. The van der Waals surface area contributed by atoms with Crippen LogP contribution in [0.5, 0.6) is 11.5 Å². The van der Waals surface area contributed by atoms with Gasteiger partial charge >= 0.3 is 0 Å². The number of aromatic nitrogens is 3. The minimum absolute atomic E-state index is 0.0813. The molecule has 1 aliphatic rings. The van der Waals surface area contributed by atoms with Crippen LogP contribution in [0, 0.1) is 11.7 Å². The molecule has 0 atom stereocenters. The fraction of sp³-hybridized carbons (Fsp3) is 0.406. The van der Waals surface area contributed by atoms with Crippen LogP contribution in [0.3, 0.4) is 0 Å². The van der Waals surface area contributed by atoms with Crippen LogP contribution in [0.15, 0.2) is 54.7 Å². The molecule has 0 amide bonds. The Bertz CT molecular complexity index is 1490. The second-order valence-corrected chi connectivity index (χ2v) is 11.2. The van der Waals surface area contributed by atoms with E-state index in [0.717, 1.165) is 41.9 Å². The molecule has 40 heavy (non-hydrogen) atoms. The van der Waals surface area contributed by atoms with E-state index in [2.05, 4.69) is 22.2 Å². The van der Waals surface area contributed by atoms with Crippen molar-refractivity contribution < 1.29 is 13.9 Å². The van der Waals surface area contributed by atoms with E-state index in [1.165, 1.54) is 18.9 Å². The molecule has 210 valence electrons. The number of hydrogen-bond acceptors (Lipinski definition) is 6. The molecule has 2 aromatic carbocycles. The molecule has 1 fully saturated rings. The maximum Gasteiger partial charge on any atom is 0.208 e. The first-order chi connectivity index (χ1) is 19.2. The van der Waals surface area contributed by atoms with Gasteiger partial charge in [0.2, 0.25) is 5.95 Å². The second kappa shape index (κ2) is 12.2. The summed E-state index contributed by atoms with van der Waals surface area (Å²) in [5, 5.41) is 3.31. The van der Waals surface area contributed by atoms with Gasteiger partial charge in [0.1, 0.15) is 23.1 Å². The van der Waals surface area contributed by atoms with Crippen molar-refractivity contribution in [3.05, 3.63) is 71.8 Å². The molecular formula is C32H38FN5O2. The molecule has 0 bridgehead atoms. The number of carbonyl (C=O) groups excluding carboxylic acids is 1. The van der Waals surface area contributed by atoms with Gasteiger partial charge in [-0.3, -0.25) is 9.78 Å². The highest BCUT2D eigenvalue weighted by molar-refractivity contribution is 5.81. The van der Waals surface area contributed by atoms with E-state index in [9.17, 15) is 9.18 Å². The smallest absolute Gasteiger partial charge is 0.208 e. The third-order valence-corrected chi connectivity index (χ3v) is 7.80.